The summed E-state index contributed by atoms with van der Waals surface area (Å²) in [7, 11) is 0. The summed E-state index contributed by atoms with van der Waals surface area (Å²) >= 11 is 0. The van der Waals surface area contributed by atoms with Gasteiger partial charge in [-0.2, -0.15) is 0 Å². The van der Waals surface area contributed by atoms with Crippen molar-refractivity contribution in [3.8, 4) is 5.75 Å². The molecule has 0 aliphatic heterocycles. The van der Waals surface area contributed by atoms with Gasteiger partial charge in [0.05, 0.1) is 0 Å². The average molecular weight is 222 g/mol. The van der Waals surface area contributed by atoms with Gasteiger partial charge in [-0.3, -0.25) is 0 Å². The summed E-state index contributed by atoms with van der Waals surface area (Å²) < 4.78 is 5.18. The molecular weight excluding hydrogens is 204 g/mol. The fourth-order valence-electron chi connectivity index (χ4n) is 1.12. The number of nitrogens with one attached hydrogen (secondary N) is 1. The number of nitrogens with two attached hydrogens (primary N) is 1. The van der Waals surface area contributed by atoms with Crippen LogP contribution in [0.5, 0.6) is 5.75 Å². The maximum absolute atomic E-state index is 11.6. The van der Waals surface area contributed by atoms with Gasteiger partial charge in [0, 0.05) is 12.1 Å². The second-order valence-corrected chi connectivity index (χ2v) is 4.37. The van der Waals surface area contributed by atoms with Crippen molar-refractivity contribution in [1.29, 1.82) is 0 Å². The summed E-state index contributed by atoms with van der Waals surface area (Å²) in [5.74, 6) is 0.563. The zero-order valence-corrected chi connectivity index (χ0v) is 9.91. The SMILES string of the molecule is Cc1ccccc1OC(=O)NC(C)(C)CN. The predicted molar refractivity (Wildman–Crippen MR) is 63.5 cm³/mol. The molecule has 0 aliphatic rings. The van der Waals surface area contributed by atoms with Gasteiger partial charge in [0.15, 0.2) is 0 Å². The van der Waals surface area contributed by atoms with Crippen LogP contribution in [0.1, 0.15) is 19.4 Å². The van der Waals surface area contributed by atoms with Crippen LogP contribution in [0, 0.1) is 6.92 Å². The molecule has 0 saturated heterocycles. The summed E-state index contributed by atoms with van der Waals surface area (Å²) in [5, 5.41) is 2.70. The largest absolute Gasteiger partial charge is 0.413 e. The van der Waals surface area contributed by atoms with E-state index in [9.17, 15) is 4.79 Å². The van der Waals surface area contributed by atoms with E-state index >= 15 is 0 Å². The van der Waals surface area contributed by atoms with E-state index in [2.05, 4.69) is 5.32 Å². The Balaban J connectivity index is 2.62. The van der Waals surface area contributed by atoms with E-state index in [0.29, 0.717) is 12.3 Å². The zero-order chi connectivity index (χ0) is 12.2. The van der Waals surface area contributed by atoms with E-state index in [4.69, 9.17) is 10.5 Å². The van der Waals surface area contributed by atoms with Crippen molar-refractivity contribution >= 4 is 6.09 Å². The average Bonchev–Trinajstić information content (AvgIpc) is 2.21. The molecule has 88 valence electrons. The van der Waals surface area contributed by atoms with Crippen LogP contribution in [0.4, 0.5) is 4.79 Å². The van der Waals surface area contributed by atoms with Gasteiger partial charge in [-0.1, -0.05) is 18.2 Å². The maximum atomic E-state index is 11.6. The third-order valence-corrected chi connectivity index (χ3v) is 2.25. The lowest BCUT2D eigenvalue weighted by atomic mass is 10.1. The van der Waals surface area contributed by atoms with Gasteiger partial charge in [0.25, 0.3) is 0 Å². The second-order valence-electron chi connectivity index (χ2n) is 4.37. The lowest BCUT2D eigenvalue weighted by Gasteiger charge is -2.23. The number of amides is 1. The summed E-state index contributed by atoms with van der Waals surface area (Å²) in [5.41, 5.74) is 5.97. The molecule has 16 heavy (non-hydrogen) atoms. The molecule has 0 heterocycles. The fraction of sp³-hybridized carbons (Fsp3) is 0.417. The van der Waals surface area contributed by atoms with E-state index in [0.717, 1.165) is 5.56 Å². The molecule has 4 heteroatoms. The fourth-order valence-corrected chi connectivity index (χ4v) is 1.12. The van der Waals surface area contributed by atoms with Crippen LogP contribution in [0.3, 0.4) is 0 Å². The van der Waals surface area contributed by atoms with Crippen LogP contribution >= 0.6 is 0 Å². The van der Waals surface area contributed by atoms with Gasteiger partial charge in [0.2, 0.25) is 0 Å². The molecule has 0 atom stereocenters. The Labute approximate surface area is 95.8 Å². The molecule has 1 rings (SSSR count). The van der Waals surface area contributed by atoms with Crippen LogP contribution in [0.2, 0.25) is 0 Å². The van der Waals surface area contributed by atoms with E-state index in [1.165, 1.54) is 0 Å². The van der Waals surface area contributed by atoms with Crippen LogP contribution in [-0.4, -0.2) is 18.2 Å². The number of para-hydroxylation sites is 1. The number of benzene rings is 1. The molecule has 0 fully saturated rings. The highest BCUT2D eigenvalue weighted by Gasteiger charge is 2.19. The molecule has 1 amide bonds. The van der Waals surface area contributed by atoms with E-state index in [1.54, 1.807) is 6.07 Å². The van der Waals surface area contributed by atoms with E-state index in [1.807, 2.05) is 39.0 Å². The minimum absolute atomic E-state index is 0.357. The van der Waals surface area contributed by atoms with Crippen molar-refractivity contribution < 1.29 is 9.53 Å². The van der Waals surface area contributed by atoms with Crippen LogP contribution in [0.25, 0.3) is 0 Å². The number of aryl methyl sites for hydroxylation is 1. The van der Waals surface area contributed by atoms with Crippen molar-refractivity contribution in [2.24, 2.45) is 5.73 Å². The number of hydrogen-bond donors (Lipinski definition) is 2. The molecule has 0 saturated carbocycles. The summed E-state index contributed by atoms with van der Waals surface area (Å²) in [6, 6.07) is 7.36. The highest BCUT2D eigenvalue weighted by molar-refractivity contribution is 5.71. The standard InChI is InChI=1S/C12H18N2O2/c1-9-6-4-5-7-10(9)16-11(15)14-12(2,3)8-13/h4-7H,8,13H2,1-3H3,(H,14,15). The molecule has 0 aliphatic carbocycles. The van der Waals surface area contributed by atoms with Crippen molar-refractivity contribution in [2.45, 2.75) is 26.3 Å². The molecule has 0 spiro atoms. The molecular formula is C12H18N2O2. The molecule has 0 aromatic heterocycles. The third kappa shape index (κ3) is 3.55. The lowest BCUT2D eigenvalue weighted by Crippen LogP contribution is -2.49. The van der Waals surface area contributed by atoms with Gasteiger partial charge in [0.1, 0.15) is 5.75 Å². The molecule has 1 aromatic carbocycles. The van der Waals surface area contributed by atoms with Gasteiger partial charge in [-0.25, -0.2) is 4.79 Å². The molecule has 3 N–H and O–H groups in total. The van der Waals surface area contributed by atoms with Crippen molar-refractivity contribution in [3.63, 3.8) is 0 Å². The molecule has 4 nitrogen and oxygen atoms in total. The highest BCUT2D eigenvalue weighted by atomic mass is 16.6. The van der Waals surface area contributed by atoms with Crippen molar-refractivity contribution in [3.05, 3.63) is 29.8 Å². The number of rotatable bonds is 3. The summed E-state index contributed by atoms with van der Waals surface area (Å²) in [4.78, 5) is 11.6. The van der Waals surface area contributed by atoms with Crippen molar-refractivity contribution in [2.75, 3.05) is 6.54 Å². The highest BCUT2D eigenvalue weighted by Crippen LogP contribution is 2.16. The van der Waals surface area contributed by atoms with Gasteiger partial charge < -0.3 is 15.8 Å². The topological polar surface area (TPSA) is 64.3 Å². The minimum atomic E-state index is -0.482. The van der Waals surface area contributed by atoms with Crippen LogP contribution < -0.4 is 15.8 Å². The van der Waals surface area contributed by atoms with Crippen LogP contribution in [0.15, 0.2) is 24.3 Å². The first-order valence-electron chi connectivity index (χ1n) is 5.20. The predicted octanol–water partition coefficient (Wildman–Crippen LogP) is 1.82. The Hall–Kier alpha value is -1.55. The molecule has 0 unspecified atom stereocenters. The maximum Gasteiger partial charge on any atom is 0.413 e. The quantitative estimate of drug-likeness (QED) is 0.820. The number of ether oxygens (including phenoxy) is 1. The zero-order valence-electron chi connectivity index (χ0n) is 9.91. The monoisotopic (exact) mass is 222 g/mol. The second kappa shape index (κ2) is 4.99. The Kier molecular flexibility index (Phi) is 3.90. The summed E-state index contributed by atoms with van der Waals surface area (Å²) in [6.45, 7) is 5.92. The Morgan fingerprint density at radius 3 is 2.62 bits per heavy atom. The van der Waals surface area contributed by atoms with Crippen LogP contribution in [-0.2, 0) is 0 Å². The van der Waals surface area contributed by atoms with Gasteiger partial charge >= 0.3 is 6.09 Å². The molecule has 1 aromatic rings. The first-order chi connectivity index (χ1) is 7.44. The van der Waals surface area contributed by atoms with E-state index < -0.39 is 11.6 Å². The Morgan fingerprint density at radius 2 is 2.06 bits per heavy atom. The van der Waals surface area contributed by atoms with Crippen molar-refractivity contribution in [1.82, 2.24) is 5.32 Å². The first-order valence-corrected chi connectivity index (χ1v) is 5.20. The first kappa shape index (κ1) is 12.5. The third-order valence-electron chi connectivity index (χ3n) is 2.25. The Bertz CT molecular complexity index is 375. The Morgan fingerprint density at radius 1 is 1.44 bits per heavy atom. The minimum Gasteiger partial charge on any atom is -0.410 e. The van der Waals surface area contributed by atoms with Gasteiger partial charge in [-0.15, -0.1) is 0 Å². The number of carbonyl (C=O) groups excluding carboxylic acids is 1. The molecule has 0 bridgehead atoms. The molecule has 0 radical (unpaired) electrons. The smallest absolute Gasteiger partial charge is 0.410 e. The normalized spacial score (nSPS) is 11.0. The van der Waals surface area contributed by atoms with Gasteiger partial charge in [-0.05, 0) is 32.4 Å². The number of carbonyl (C=O) groups is 1. The number of hydrogen-bond acceptors (Lipinski definition) is 3. The van der Waals surface area contributed by atoms with E-state index in [-0.39, 0.29) is 0 Å². The summed E-state index contributed by atoms with van der Waals surface area (Å²) in [6.07, 6.45) is -0.482. The lowest BCUT2D eigenvalue weighted by molar-refractivity contribution is 0.189.